The topological polar surface area (TPSA) is 39.2 Å². The monoisotopic (exact) mass is 255 g/mol. The van der Waals surface area contributed by atoms with E-state index in [1.165, 1.54) is 6.07 Å². The maximum Gasteiger partial charge on any atom is 0.137 e. The predicted octanol–water partition coefficient (Wildman–Crippen LogP) is 4.01. The van der Waals surface area contributed by atoms with Crippen molar-refractivity contribution in [2.45, 2.75) is 13.5 Å². The van der Waals surface area contributed by atoms with Gasteiger partial charge in [-0.15, -0.1) is 0 Å². The summed E-state index contributed by atoms with van der Waals surface area (Å²) in [4.78, 5) is 0. The Kier molecular flexibility index (Phi) is 2.84. The molecule has 0 atom stereocenters. The SMILES string of the molecule is Cc1cccc2cc(-c3ccc(F)c(CN)c3)oc12. The van der Waals surface area contributed by atoms with Crippen LogP contribution in [0.5, 0.6) is 0 Å². The minimum atomic E-state index is -0.279. The third-order valence-electron chi connectivity index (χ3n) is 3.29. The number of benzene rings is 2. The standard InChI is InChI=1S/C16H14FNO/c1-10-3-2-4-12-8-15(19-16(10)12)11-5-6-14(17)13(7-11)9-18/h2-8H,9,18H2,1H3. The minimum absolute atomic E-state index is 0.179. The molecule has 0 aliphatic carbocycles. The van der Waals surface area contributed by atoms with E-state index in [9.17, 15) is 4.39 Å². The smallest absolute Gasteiger partial charge is 0.137 e. The lowest BCUT2D eigenvalue weighted by molar-refractivity contribution is 0.608. The Hall–Kier alpha value is -2.13. The Labute approximate surface area is 110 Å². The number of hydrogen-bond donors (Lipinski definition) is 1. The second kappa shape index (κ2) is 4.52. The molecule has 2 aromatic carbocycles. The van der Waals surface area contributed by atoms with Crippen LogP contribution in [0.2, 0.25) is 0 Å². The molecule has 0 aliphatic rings. The van der Waals surface area contributed by atoms with Crippen molar-refractivity contribution in [3.8, 4) is 11.3 Å². The lowest BCUT2D eigenvalue weighted by atomic mass is 10.1. The average molecular weight is 255 g/mol. The van der Waals surface area contributed by atoms with Crippen molar-refractivity contribution < 1.29 is 8.81 Å². The summed E-state index contributed by atoms with van der Waals surface area (Å²) in [6.07, 6.45) is 0. The Bertz CT molecular complexity index is 746. The summed E-state index contributed by atoms with van der Waals surface area (Å²) < 4.78 is 19.3. The van der Waals surface area contributed by atoms with Gasteiger partial charge in [0.15, 0.2) is 0 Å². The third-order valence-corrected chi connectivity index (χ3v) is 3.29. The van der Waals surface area contributed by atoms with Crippen molar-refractivity contribution in [3.05, 3.63) is 59.4 Å². The molecule has 0 radical (unpaired) electrons. The first kappa shape index (κ1) is 11.9. The summed E-state index contributed by atoms with van der Waals surface area (Å²) >= 11 is 0. The molecular formula is C16H14FNO. The van der Waals surface area contributed by atoms with E-state index in [1.54, 1.807) is 12.1 Å². The summed E-state index contributed by atoms with van der Waals surface area (Å²) in [6, 6.07) is 12.8. The summed E-state index contributed by atoms with van der Waals surface area (Å²) in [7, 11) is 0. The molecule has 0 aliphatic heterocycles. The van der Waals surface area contributed by atoms with Crippen LogP contribution < -0.4 is 5.73 Å². The number of para-hydroxylation sites is 1. The maximum absolute atomic E-state index is 13.4. The highest BCUT2D eigenvalue weighted by Gasteiger charge is 2.10. The van der Waals surface area contributed by atoms with Gasteiger partial charge >= 0.3 is 0 Å². The number of hydrogen-bond acceptors (Lipinski definition) is 2. The first-order valence-corrected chi connectivity index (χ1v) is 6.17. The van der Waals surface area contributed by atoms with E-state index in [0.29, 0.717) is 5.56 Å². The van der Waals surface area contributed by atoms with Gasteiger partial charge in [-0.2, -0.15) is 0 Å². The molecule has 3 heteroatoms. The lowest BCUT2D eigenvalue weighted by Crippen LogP contribution is -1.99. The molecule has 0 bridgehead atoms. The molecule has 3 aromatic rings. The molecule has 0 fully saturated rings. The van der Waals surface area contributed by atoms with Crippen LogP contribution >= 0.6 is 0 Å². The average Bonchev–Trinajstić information content (AvgIpc) is 2.85. The number of aryl methyl sites for hydroxylation is 1. The zero-order valence-electron chi connectivity index (χ0n) is 10.6. The molecule has 0 saturated carbocycles. The van der Waals surface area contributed by atoms with E-state index in [2.05, 4.69) is 0 Å². The van der Waals surface area contributed by atoms with Crippen molar-refractivity contribution in [2.75, 3.05) is 0 Å². The number of halogens is 1. The minimum Gasteiger partial charge on any atom is -0.456 e. The molecule has 2 N–H and O–H groups in total. The van der Waals surface area contributed by atoms with Gasteiger partial charge in [-0.05, 0) is 36.8 Å². The van der Waals surface area contributed by atoms with Gasteiger partial charge in [0, 0.05) is 23.1 Å². The zero-order chi connectivity index (χ0) is 13.4. The molecule has 0 saturated heterocycles. The van der Waals surface area contributed by atoms with Gasteiger partial charge in [0.1, 0.15) is 17.2 Å². The van der Waals surface area contributed by atoms with Gasteiger partial charge in [0.25, 0.3) is 0 Å². The summed E-state index contributed by atoms with van der Waals surface area (Å²) in [5, 5.41) is 1.05. The first-order chi connectivity index (χ1) is 9.19. The highest BCUT2D eigenvalue weighted by molar-refractivity contribution is 5.85. The molecule has 19 heavy (non-hydrogen) atoms. The van der Waals surface area contributed by atoms with Crippen molar-refractivity contribution in [2.24, 2.45) is 5.73 Å². The van der Waals surface area contributed by atoms with Crippen LogP contribution in [0.25, 0.3) is 22.3 Å². The van der Waals surface area contributed by atoms with Crippen LogP contribution in [0, 0.1) is 12.7 Å². The highest BCUT2D eigenvalue weighted by atomic mass is 19.1. The summed E-state index contributed by atoms with van der Waals surface area (Å²) in [5.41, 5.74) is 8.83. The quantitative estimate of drug-likeness (QED) is 0.751. The van der Waals surface area contributed by atoms with Gasteiger partial charge in [0.05, 0.1) is 0 Å². The van der Waals surface area contributed by atoms with Crippen LogP contribution in [0.1, 0.15) is 11.1 Å². The molecule has 3 rings (SSSR count). The van der Waals surface area contributed by atoms with E-state index in [1.807, 2.05) is 31.2 Å². The second-order valence-corrected chi connectivity index (χ2v) is 4.61. The molecular weight excluding hydrogens is 241 g/mol. The van der Waals surface area contributed by atoms with Gasteiger partial charge in [-0.3, -0.25) is 0 Å². The normalized spacial score (nSPS) is 11.1. The third kappa shape index (κ3) is 2.02. The predicted molar refractivity (Wildman–Crippen MR) is 74.2 cm³/mol. The molecule has 0 unspecified atom stereocenters. The Morgan fingerprint density at radius 2 is 2.00 bits per heavy atom. The van der Waals surface area contributed by atoms with Crippen molar-refractivity contribution in [1.29, 1.82) is 0 Å². The fourth-order valence-corrected chi connectivity index (χ4v) is 2.24. The number of furan rings is 1. The van der Waals surface area contributed by atoms with Gasteiger partial charge < -0.3 is 10.2 Å². The van der Waals surface area contributed by atoms with Crippen molar-refractivity contribution >= 4 is 11.0 Å². The van der Waals surface area contributed by atoms with Gasteiger partial charge in [-0.1, -0.05) is 18.2 Å². The van der Waals surface area contributed by atoms with E-state index in [0.717, 1.165) is 27.9 Å². The van der Waals surface area contributed by atoms with Crippen molar-refractivity contribution in [3.63, 3.8) is 0 Å². The van der Waals surface area contributed by atoms with Crippen LogP contribution in [-0.2, 0) is 6.54 Å². The van der Waals surface area contributed by atoms with Crippen LogP contribution in [0.3, 0.4) is 0 Å². The number of rotatable bonds is 2. The number of fused-ring (bicyclic) bond motifs is 1. The zero-order valence-corrected chi connectivity index (χ0v) is 10.6. The summed E-state index contributed by atoms with van der Waals surface area (Å²) in [5.74, 6) is 0.456. The highest BCUT2D eigenvalue weighted by Crippen LogP contribution is 2.30. The van der Waals surface area contributed by atoms with E-state index in [4.69, 9.17) is 10.2 Å². The maximum atomic E-state index is 13.4. The Morgan fingerprint density at radius 1 is 1.16 bits per heavy atom. The van der Waals surface area contributed by atoms with Crippen molar-refractivity contribution in [1.82, 2.24) is 0 Å². The number of nitrogens with two attached hydrogens (primary N) is 1. The van der Waals surface area contributed by atoms with E-state index >= 15 is 0 Å². The summed E-state index contributed by atoms with van der Waals surface area (Å²) in [6.45, 7) is 2.19. The molecule has 2 nitrogen and oxygen atoms in total. The molecule has 0 spiro atoms. The van der Waals surface area contributed by atoms with Gasteiger partial charge in [0.2, 0.25) is 0 Å². The fraction of sp³-hybridized carbons (Fsp3) is 0.125. The van der Waals surface area contributed by atoms with Crippen LogP contribution in [0.4, 0.5) is 4.39 Å². The largest absolute Gasteiger partial charge is 0.456 e. The molecule has 1 heterocycles. The Balaban J connectivity index is 2.16. The molecule has 1 aromatic heterocycles. The molecule has 96 valence electrons. The van der Waals surface area contributed by atoms with Crippen LogP contribution in [-0.4, -0.2) is 0 Å². The Morgan fingerprint density at radius 3 is 2.74 bits per heavy atom. The van der Waals surface area contributed by atoms with Crippen LogP contribution in [0.15, 0.2) is 46.9 Å². The van der Waals surface area contributed by atoms with E-state index < -0.39 is 0 Å². The van der Waals surface area contributed by atoms with Gasteiger partial charge in [-0.25, -0.2) is 4.39 Å². The lowest BCUT2D eigenvalue weighted by Gasteiger charge is -2.02. The van der Waals surface area contributed by atoms with E-state index in [-0.39, 0.29) is 12.4 Å². The second-order valence-electron chi connectivity index (χ2n) is 4.61. The first-order valence-electron chi connectivity index (χ1n) is 6.17. The molecule has 0 amide bonds. The fourth-order valence-electron chi connectivity index (χ4n) is 2.24.